The predicted molar refractivity (Wildman–Crippen MR) is 221 cm³/mol. The number of esters is 2. The topological polar surface area (TPSA) is 189 Å². The number of nitrogens with one attached hydrogen (secondary N) is 1. The lowest BCUT2D eigenvalue weighted by atomic mass is 9.73. The summed E-state index contributed by atoms with van der Waals surface area (Å²) in [4.78, 5) is 74.4. The van der Waals surface area contributed by atoms with Gasteiger partial charge in [-0.3, -0.25) is 29.1 Å². The lowest BCUT2D eigenvalue weighted by molar-refractivity contribution is -0.297. The minimum absolute atomic E-state index is 0.0102. The number of Topliss-reactive ketones (excluding diaryl/α,β-unsaturated/α-hetero) is 2. The minimum atomic E-state index is -1.44. The molecule has 0 aliphatic carbocycles. The Hall–Kier alpha value is -4.28. The number of benzene rings is 1. The van der Waals surface area contributed by atoms with Gasteiger partial charge in [-0.15, -0.1) is 0 Å². The summed E-state index contributed by atoms with van der Waals surface area (Å²) in [5.74, 6) is -5.94. The number of amides is 1. The van der Waals surface area contributed by atoms with E-state index in [1.165, 1.54) is 6.92 Å². The van der Waals surface area contributed by atoms with E-state index in [9.17, 15) is 29.1 Å². The molecule has 3 aliphatic rings. The van der Waals surface area contributed by atoms with Crippen LogP contribution in [0, 0.1) is 23.7 Å². The number of aromatic nitrogens is 1. The number of pyridine rings is 1. The average Bonchev–Trinajstić information content (AvgIpc) is 3.53. The van der Waals surface area contributed by atoms with Crippen molar-refractivity contribution in [1.82, 2.24) is 15.2 Å². The molecule has 1 aromatic heterocycles. The maximum atomic E-state index is 14.6. The zero-order valence-electron chi connectivity index (χ0n) is 36.5. The SMILES string of the molecule is CCOC(=O)CN(C)[C@H]1C[C@@H](C)OC(O[C@@H]2[C@@H](C)C(=O)[C@@H](C)C(=O)O[C@H](CC)[C@@]3(C)OC(=O)N[C@@H]3[C@@H](C)C(=O)[C@H](C)C[C@]2(C)OC/C=C/c2cnc3ccccc3c2)[C@@H]1O. The summed E-state index contributed by atoms with van der Waals surface area (Å²) in [5.41, 5.74) is -1.17. The number of hydrogen-bond acceptors (Lipinski definition) is 14. The Morgan fingerprint density at radius 2 is 1.77 bits per heavy atom. The molecular formula is C45H63N3O12. The molecule has 60 heavy (non-hydrogen) atoms. The van der Waals surface area contributed by atoms with Crippen LogP contribution in [0.5, 0.6) is 0 Å². The van der Waals surface area contributed by atoms with Gasteiger partial charge in [0.15, 0.2) is 17.7 Å². The number of carbonyl (C=O) groups excluding carboxylic acids is 5. The maximum Gasteiger partial charge on any atom is 0.408 e. The van der Waals surface area contributed by atoms with Crippen molar-refractivity contribution in [3.05, 3.63) is 48.2 Å². The molecule has 330 valence electrons. The van der Waals surface area contributed by atoms with E-state index < -0.39 is 101 Å². The van der Waals surface area contributed by atoms with E-state index in [2.05, 4.69) is 10.3 Å². The third kappa shape index (κ3) is 10.2. The van der Waals surface area contributed by atoms with Gasteiger partial charge in [0.1, 0.15) is 23.9 Å². The zero-order valence-corrected chi connectivity index (χ0v) is 36.5. The summed E-state index contributed by atoms with van der Waals surface area (Å²) in [7, 11) is 1.70. The van der Waals surface area contributed by atoms with Crippen LogP contribution in [0.15, 0.2) is 42.6 Å². The molecule has 0 bridgehead atoms. The monoisotopic (exact) mass is 837 g/mol. The number of alkyl carbamates (subject to hydrolysis) is 1. The summed E-state index contributed by atoms with van der Waals surface area (Å²) >= 11 is 0. The van der Waals surface area contributed by atoms with Gasteiger partial charge in [-0.1, -0.05) is 58.0 Å². The maximum absolute atomic E-state index is 14.6. The fraction of sp³-hybridized carbons (Fsp3) is 0.644. The van der Waals surface area contributed by atoms with Crippen molar-refractivity contribution < 1.29 is 57.5 Å². The van der Waals surface area contributed by atoms with Crippen LogP contribution < -0.4 is 5.32 Å². The van der Waals surface area contributed by atoms with Gasteiger partial charge in [0.05, 0.1) is 49.1 Å². The van der Waals surface area contributed by atoms with Gasteiger partial charge < -0.3 is 38.8 Å². The average molecular weight is 838 g/mol. The fourth-order valence-corrected chi connectivity index (χ4v) is 9.18. The lowest BCUT2D eigenvalue weighted by Crippen LogP contribution is -2.60. The molecule has 1 unspecified atom stereocenters. The van der Waals surface area contributed by atoms with Crippen molar-refractivity contribution in [2.24, 2.45) is 23.7 Å². The number of aliphatic hydroxyl groups excluding tert-OH is 1. The summed E-state index contributed by atoms with van der Waals surface area (Å²) in [6.07, 6.45) is 0.0718. The summed E-state index contributed by atoms with van der Waals surface area (Å²) in [5, 5.41) is 15.6. The summed E-state index contributed by atoms with van der Waals surface area (Å²) < 4.78 is 36.6. The molecule has 0 saturated carbocycles. The molecule has 2 aromatic rings. The van der Waals surface area contributed by atoms with Crippen LogP contribution in [0.3, 0.4) is 0 Å². The number of cyclic esters (lactones) is 1. The number of ether oxygens (including phenoxy) is 6. The smallest absolute Gasteiger partial charge is 0.408 e. The van der Waals surface area contributed by atoms with E-state index in [1.54, 1.807) is 72.7 Å². The Labute approximate surface area is 352 Å². The van der Waals surface area contributed by atoms with Gasteiger partial charge in [-0.2, -0.15) is 0 Å². The van der Waals surface area contributed by atoms with Crippen LogP contribution in [0.25, 0.3) is 17.0 Å². The Kier molecular flexibility index (Phi) is 15.3. The molecular weight excluding hydrogens is 775 g/mol. The highest BCUT2D eigenvalue weighted by atomic mass is 16.7. The number of aliphatic hydroxyl groups is 1. The summed E-state index contributed by atoms with van der Waals surface area (Å²) in [6, 6.07) is 8.29. The molecule has 3 saturated heterocycles. The Morgan fingerprint density at radius 1 is 1.05 bits per heavy atom. The van der Waals surface area contributed by atoms with Crippen molar-refractivity contribution in [3.63, 3.8) is 0 Å². The first-order valence-electron chi connectivity index (χ1n) is 21.1. The first-order valence-corrected chi connectivity index (χ1v) is 21.1. The van der Waals surface area contributed by atoms with Gasteiger partial charge in [-0.05, 0) is 78.6 Å². The van der Waals surface area contributed by atoms with Crippen LogP contribution in [0.1, 0.15) is 87.1 Å². The highest BCUT2D eigenvalue weighted by molar-refractivity contribution is 6.00. The molecule has 3 fully saturated rings. The predicted octanol–water partition coefficient (Wildman–Crippen LogP) is 5.04. The Morgan fingerprint density at radius 3 is 2.47 bits per heavy atom. The van der Waals surface area contributed by atoms with E-state index in [1.807, 2.05) is 43.3 Å². The van der Waals surface area contributed by atoms with Gasteiger partial charge in [0, 0.05) is 35.4 Å². The number of hydrogen-bond donors (Lipinski definition) is 2. The van der Waals surface area contributed by atoms with Gasteiger partial charge in [0.2, 0.25) is 0 Å². The number of ketones is 2. The molecule has 0 radical (unpaired) electrons. The zero-order chi connectivity index (χ0) is 44.1. The number of para-hydroxylation sites is 1. The van der Waals surface area contributed by atoms with Crippen LogP contribution >= 0.6 is 0 Å². The largest absolute Gasteiger partial charge is 0.465 e. The number of likely N-dealkylation sites (N-methyl/N-ethyl adjacent to an activating group) is 1. The van der Waals surface area contributed by atoms with E-state index in [4.69, 9.17) is 28.4 Å². The molecule has 0 spiro atoms. The second kappa shape index (κ2) is 19.6. The number of nitrogens with zero attached hydrogens (tertiary/aromatic N) is 2. The molecule has 1 amide bonds. The standard InChI is InChI=1S/C45H63N3O12/c1-11-34-45(9)39(47-43(54)60-45)27(5)36(50)25(3)22-44(8,56-19-15-16-30-21-31-17-13-14-18-32(31)46-23-30)40(28(6)37(51)29(7)41(53)58-34)59-42-38(52)33(20-26(4)57-42)48(10)24-35(49)55-12-2/h13-18,21,23,25-29,33-34,38-40,42,52H,11-12,19-20,22,24H2,1-10H3,(H,47,54)/b16-15+/t25-,26-,27+,28+,29-,33+,34-,38-,39-,40-,42?,44+,45-/m1/s1. The molecule has 15 nitrogen and oxygen atoms in total. The molecule has 2 N–H and O–H groups in total. The highest BCUT2D eigenvalue weighted by Crippen LogP contribution is 2.40. The molecule has 1 aromatic carbocycles. The minimum Gasteiger partial charge on any atom is -0.465 e. The van der Waals surface area contributed by atoms with Crippen molar-refractivity contribution >= 4 is 46.6 Å². The number of rotatable bonds is 11. The Bertz CT molecular complexity index is 1910. The summed E-state index contributed by atoms with van der Waals surface area (Å²) in [6.45, 7) is 15.4. The normalized spacial score (nSPS) is 35.8. The van der Waals surface area contributed by atoms with Crippen molar-refractivity contribution in [2.45, 2.75) is 136 Å². The van der Waals surface area contributed by atoms with Crippen LogP contribution in [0.4, 0.5) is 4.79 Å². The molecule has 4 heterocycles. The van der Waals surface area contributed by atoms with Crippen molar-refractivity contribution in [2.75, 3.05) is 26.8 Å². The quantitative estimate of drug-likeness (QED) is 0.174. The van der Waals surface area contributed by atoms with Gasteiger partial charge in [0.25, 0.3) is 0 Å². The fourth-order valence-electron chi connectivity index (χ4n) is 9.18. The van der Waals surface area contributed by atoms with Crippen molar-refractivity contribution in [1.29, 1.82) is 0 Å². The van der Waals surface area contributed by atoms with E-state index in [0.29, 0.717) is 6.42 Å². The molecule has 13 atom stereocenters. The molecule has 3 aliphatic heterocycles. The van der Waals surface area contributed by atoms with Crippen molar-refractivity contribution in [3.8, 4) is 0 Å². The second-order valence-corrected chi connectivity index (χ2v) is 17.1. The first-order chi connectivity index (χ1) is 28.3. The van der Waals surface area contributed by atoms with Gasteiger partial charge >= 0.3 is 18.0 Å². The van der Waals surface area contributed by atoms with Crippen LogP contribution in [0.2, 0.25) is 0 Å². The third-order valence-corrected chi connectivity index (χ3v) is 12.5. The van der Waals surface area contributed by atoms with Crippen LogP contribution in [-0.2, 0) is 47.6 Å². The first kappa shape index (κ1) is 46.8. The van der Waals surface area contributed by atoms with Gasteiger partial charge in [-0.25, -0.2) is 4.79 Å². The molecule has 15 heteroatoms. The second-order valence-electron chi connectivity index (χ2n) is 17.1. The van der Waals surface area contributed by atoms with E-state index in [-0.39, 0.29) is 38.4 Å². The van der Waals surface area contributed by atoms with E-state index in [0.717, 1.165) is 16.5 Å². The highest BCUT2D eigenvalue weighted by Gasteiger charge is 2.57. The Balaban J connectivity index is 1.55. The van der Waals surface area contributed by atoms with E-state index >= 15 is 0 Å². The number of carbonyl (C=O) groups is 5. The van der Waals surface area contributed by atoms with Crippen LogP contribution in [-0.4, -0.2) is 125 Å². The third-order valence-electron chi connectivity index (χ3n) is 12.5. The number of fused-ring (bicyclic) bond motifs is 2. The molecule has 5 rings (SSSR count). The lowest BCUT2D eigenvalue weighted by Gasteiger charge is -2.47.